The number of fused-ring (bicyclic) bond motifs is 3. The van der Waals surface area contributed by atoms with E-state index in [1.54, 1.807) is 24.3 Å². The second kappa shape index (κ2) is 8.48. The number of hydrogen-bond donors (Lipinski definition) is 0. The molecule has 0 aromatic heterocycles. The number of hydrogen-bond acceptors (Lipinski definition) is 4. The van der Waals surface area contributed by atoms with E-state index in [4.69, 9.17) is 0 Å². The third-order valence-corrected chi connectivity index (χ3v) is 6.90. The van der Waals surface area contributed by atoms with Crippen LogP contribution in [0.3, 0.4) is 0 Å². The van der Waals surface area contributed by atoms with E-state index in [9.17, 15) is 9.59 Å². The van der Waals surface area contributed by atoms with Crippen molar-refractivity contribution in [1.29, 1.82) is 0 Å². The van der Waals surface area contributed by atoms with Gasteiger partial charge in [0, 0.05) is 22.6 Å². The monoisotopic (exact) mass is 435 g/mol. The second-order valence-electron chi connectivity index (χ2n) is 7.55. The fourth-order valence-corrected chi connectivity index (χ4v) is 5.47. The van der Waals surface area contributed by atoms with Gasteiger partial charge in [0.2, 0.25) is 0 Å². The van der Waals surface area contributed by atoms with E-state index in [0.29, 0.717) is 22.7 Å². The molecule has 0 fully saturated rings. The van der Waals surface area contributed by atoms with Crippen LogP contribution in [0.4, 0.5) is 5.69 Å². The molecule has 156 valence electrons. The van der Waals surface area contributed by atoms with Crippen LogP contribution in [-0.4, -0.2) is 18.1 Å². The van der Waals surface area contributed by atoms with Crippen molar-refractivity contribution >= 4 is 39.8 Å². The molecule has 1 aliphatic heterocycles. The summed E-state index contributed by atoms with van der Waals surface area (Å²) in [6.07, 6.45) is 0. The Bertz CT molecular complexity index is 1310. The van der Waals surface area contributed by atoms with E-state index < -0.39 is 0 Å². The Kier molecular flexibility index (Phi) is 5.38. The van der Waals surface area contributed by atoms with Gasteiger partial charge < -0.3 is 4.90 Å². The van der Waals surface area contributed by atoms with Gasteiger partial charge in [-0.3, -0.25) is 9.59 Å². The van der Waals surface area contributed by atoms with Crippen molar-refractivity contribution in [2.24, 2.45) is 0 Å². The molecular formula is C28H21NO2S. The molecule has 0 aliphatic carbocycles. The van der Waals surface area contributed by atoms with Crippen molar-refractivity contribution < 1.29 is 9.59 Å². The average Bonchev–Trinajstić information content (AvgIpc) is 3.23. The first-order valence-corrected chi connectivity index (χ1v) is 11.4. The number of rotatable bonds is 5. The fourth-order valence-electron chi connectivity index (χ4n) is 4.08. The van der Waals surface area contributed by atoms with Gasteiger partial charge in [-0.05, 0) is 23.8 Å². The Morgan fingerprint density at radius 3 is 1.88 bits per heavy atom. The van der Waals surface area contributed by atoms with E-state index in [1.807, 2.05) is 55.5 Å². The van der Waals surface area contributed by atoms with Crippen LogP contribution >= 0.6 is 11.8 Å². The highest BCUT2D eigenvalue weighted by molar-refractivity contribution is 8.04. The van der Waals surface area contributed by atoms with Crippen molar-refractivity contribution in [3.05, 3.63) is 119 Å². The highest BCUT2D eigenvalue weighted by Gasteiger charge is 2.34. The molecule has 4 aromatic rings. The van der Waals surface area contributed by atoms with E-state index in [-0.39, 0.29) is 17.1 Å². The Hall–Kier alpha value is -3.63. The van der Waals surface area contributed by atoms with Crippen LogP contribution in [0.15, 0.2) is 113 Å². The topological polar surface area (TPSA) is 37.4 Å². The minimum absolute atomic E-state index is 0.217. The molecule has 0 N–H and O–H groups in total. The number of benzene rings is 4. The lowest BCUT2D eigenvalue weighted by Gasteiger charge is -2.21. The van der Waals surface area contributed by atoms with Gasteiger partial charge in [0.1, 0.15) is 5.57 Å². The first kappa shape index (κ1) is 20.3. The zero-order valence-corrected chi connectivity index (χ0v) is 18.4. The van der Waals surface area contributed by atoms with Crippen LogP contribution in [0.25, 0.3) is 10.8 Å². The molecule has 0 unspecified atom stereocenters. The van der Waals surface area contributed by atoms with Gasteiger partial charge in [0.15, 0.2) is 11.6 Å². The number of carbonyl (C=O) groups is 2. The van der Waals surface area contributed by atoms with Crippen molar-refractivity contribution in [3.63, 3.8) is 0 Å². The van der Waals surface area contributed by atoms with Crippen LogP contribution in [0.1, 0.15) is 27.6 Å². The van der Waals surface area contributed by atoms with Crippen molar-refractivity contribution in [3.8, 4) is 0 Å². The van der Waals surface area contributed by atoms with Gasteiger partial charge in [-0.2, -0.15) is 0 Å². The average molecular weight is 436 g/mol. The fraction of sp³-hybridized carbons (Fsp3) is 0.0714. The molecule has 0 atom stereocenters. The normalized spacial score (nSPS) is 12.7. The summed E-state index contributed by atoms with van der Waals surface area (Å²) in [5.74, 6) is -0.505. The van der Waals surface area contributed by atoms with Crippen molar-refractivity contribution in [2.45, 2.75) is 11.8 Å². The van der Waals surface area contributed by atoms with Crippen molar-refractivity contribution in [2.75, 3.05) is 11.4 Å². The molecule has 0 saturated carbocycles. The van der Waals surface area contributed by atoms with E-state index in [0.717, 1.165) is 21.4 Å². The molecule has 0 amide bonds. The number of Topliss-reactive ketones (excluding diaryl/α,β-unsaturated/α-hetero) is 2. The second-order valence-corrected chi connectivity index (χ2v) is 8.55. The molecule has 4 heteroatoms. The number of allylic oxidation sites excluding steroid dienone is 1. The highest BCUT2D eigenvalue weighted by Crippen LogP contribution is 2.50. The van der Waals surface area contributed by atoms with E-state index >= 15 is 0 Å². The van der Waals surface area contributed by atoms with Gasteiger partial charge in [-0.15, -0.1) is 0 Å². The zero-order chi connectivity index (χ0) is 22.1. The molecule has 4 aromatic carbocycles. The summed E-state index contributed by atoms with van der Waals surface area (Å²) < 4.78 is 0. The summed E-state index contributed by atoms with van der Waals surface area (Å²) >= 11 is 1.52. The molecule has 0 radical (unpaired) electrons. The molecule has 5 rings (SSSR count). The number of anilines is 1. The summed E-state index contributed by atoms with van der Waals surface area (Å²) in [4.78, 5) is 30.6. The lowest BCUT2D eigenvalue weighted by atomic mass is 9.96. The number of nitrogens with zero attached hydrogens (tertiary/aromatic N) is 1. The zero-order valence-electron chi connectivity index (χ0n) is 17.6. The van der Waals surface area contributed by atoms with Crippen LogP contribution in [0.2, 0.25) is 0 Å². The van der Waals surface area contributed by atoms with Gasteiger partial charge >= 0.3 is 0 Å². The lowest BCUT2D eigenvalue weighted by molar-refractivity contribution is 0.0961. The van der Waals surface area contributed by atoms with Crippen LogP contribution in [0.5, 0.6) is 0 Å². The van der Waals surface area contributed by atoms with Crippen molar-refractivity contribution in [1.82, 2.24) is 0 Å². The van der Waals surface area contributed by atoms with Crippen LogP contribution < -0.4 is 4.90 Å². The molecule has 0 bridgehead atoms. The number of thioether (sulfide) groups is 1. The van der Waals surface area contributed by atoms with Crippen LogP contribution in [0, 0.1) is 0 Å². The van der Waals surface area contributed by atoms with E-state index in [2.05, 4.69) is 29.2 Å². The molecule has 1 aliphatic rings. The number of ketones is 2. The SMILES string of the molecule is CCN1C(=C(C(=O)c2ccccc2)C(=O)c2ccccc2)Sc2c1ccc1ccccc21. The molecule has 3 nitrogen and oxygen atoms in total. The minimum Gasteiger partial charge on any atom is -0.335 e. The largest absolute Gasteiger partial charge is 0.335 e. The third-order valence-electron chi connectivity index (χ3n) is 5.65. The van der Waals surface area contributed by atoms with E-state index in [1.165, 1.54) is 11.8 Å². The predicted molar refractivity (Wildman–Crippen MR) is 131 cm³/mol. The summed E-state index contributed by atoms with van der Waals surface area (Å²) in [6.45, 7) is 2.70. The molecule has 32 heavy (non-hydrogen) atoms. The molecule has 0 spiro atoms. The lowest BCUT2D eigenvalue weighted by Crippen LogP contribution is -2.24. The number of carbonyl (C=O) groups excluding carboxylic acids is 2. The van der Waals surface area contributed by atoms with Gasteiger partial charge in [0.25, 0.3) is 0 Å². The van der Waals surface area contributed by atoms with Crippen LogP contribution in [-0.2, 0) is 0 Å². The maximum Gasteiger partial charge on any atom is 0.199 e. The summed E-state index contributed by atoms with van der Waals surface area (Å²) in [5, 5.41) is 2.96. The smallest absolute Gasteiger partial charge is 0.199 e. The summed E-state index contributed by atoms with van der Waals surface area (Å²) in [6, 6.07) is 30.5. The quantitative estimate of drug-likeness (QED) is 0.150. The molecular weight excluding hydrogens is 414 g/mol. The Morgan fingerprint density at radius 1 is 0.719 bits per heavy atom. The first-order valence-electron chi connectivity index (χ1n) is 10.6. The predicted octanol–water partition coefficient (Wildman–Crippen LogP) is 6.75. The third kappa shape index (κ3) is 3.43. The molecule has 1 heterocycles. The maximum absolute atomic E-state index is 13.7. The summed E-state index contributed by atoms with van der Waals surface area (Å²) in [7, 11) is 0. The standard InChI is InChI=1S/C28H21NO2S/c1-2-29-23-18-17-19-11-9-10-16-22(19)27(23)32-28(29)24(25(30)20-12-5-3-6-13-20)26(31)21-14-7-4-8-15-21/h3-18H,2H2,1H3. The first-order chi connectivity index (χ1) is 15.7. The van der Waals surface area contributed by atoms with Gasteiger partial charge in [-0.1, -0.05) is 103 Å². The Labute approximate surface area is 191 Å². The maximum atomic E-state index is 13.7. The minimum atomic E-state index is -0.252. The molecule has 0 saturated heterocycles. The summed E-state index contributed by atoms with van der Waals surface area (Å²) in [5.41, 5.74) is 2.27. The van der Waals surface area contributed by atoms with Gasteiger partial charge in [-0.25, -0.2) is 0 Å². The Morgan fingerprint density at radius 2 is 1.28 bits per heavy atom. The highest BCUT2D eigenvalue weighted by atomic mass is 32.2. The Balaban J connectivity index is 1.73. The van der Waals surface area contributed by atoms with Gasteiger partial charge in [0.05, 0.1) is 10.7 Å².